The van der Waals surface area contributed by atoms with Crippen molar-refractivity contribution in [3.8, 4) is 0 Å². The zero-order valence-corrected chi connectivity index (χ0v) is 16.8. The number of rotatable bonds is 7. The minimum atomic E-state index is -0.229. The Balaban J connectivity index is -0.000000342. The van der Waals surface area contributed by atoms with Gasteiger partial charge in [0.1, 0.15) is 0 Å². The number of allylic oxidation sites excluding steroid dienone is 1. The van der Waals surface area contributed by atoms with E-state index in [9.17, 15) is 4.79 Å². The van der Waals surface area contributed by atoms with Gasteiger partial charge in [0.2, 0.25) is 0 Å². The van der Waals surface area contributed by atoms with Crippen LogP contribution in [0.25, 0.3) is 0 Å². The third-order valence-corrected chi connectivity index (χ3v) is 2.73. The largest absolute Gasteiger partial charge is 0 e. The van der Waals surface area contributed by atoms with Crippen molar-refractivity contribution in [1.82, 2.24) is 0 Å². The molecule has 0 fully saturated rings. The van der Waals surface area contributed by atoms with Crippen LogP contribution in [-0.4, -0.2) is 12.4 Å². The number of carbonyl (C=O) groups excluding carboxylic acids is 1. The van der Waals surface area contributed by atoms with Gasteiger partial charge in [-0.3, -0.25) is 0 Å². The molecule has 0 saturated carbocycles. The molecule has 0 aromatic heterocycles. The first-order chi connectivity index (χ1) is 12.4. The van der Waals surface area contributed by atoms with E-state index in [2.05, 4.69) is 26.2 Å². The molecular weight excluding hydrogens is 388 g/mol. The summed E-state index contributed by atoms with van der Waals surface area (Å²) >= 11 is 0. The maximum absolute atomic E-state index is 12.2. The van der Waals surface area contributed by atoms with E-state index in [0.29, 0.717) is 6.61 Å². The third kappa shape index (κ3) is 17.3. The maximum atomic E-state index is 12.2. The molecule has 0 aliphatic carbocycles. The molecule has 0 aliphatic heterocycles. The van der Waals surface area contributed by atoms with Crippen molar-refractivity contribution in [1.29, 1.82) is 0 Å². The van der Waals surface area contributed by atoms with Crippen LogP contribution in [0.4, 0.5) is 0 Å². The second kappa shape index (κ2) is 22.2. The Hall–Kier alpha value is -1.83. The molecule has 3 radical (unpaired) electrons. The fourth-order valence-corrected chi connectivity index (χ4v) is 1.70. The molecule has 0 bridgehead atoms. The Bertz CT molecular complexity index is 539. The average molecular weight is 410 g/mol. The number of carbonyl (C=O) groups is 1. The van der Waals surface area contributed by atoms with Crippen LogP contribution in [0.1, 0.15) is 33.3 Å². The van der Waals surface area contributed by atoms with Gasteiger partial charge < -0.3 is 9.53 Å². The SMILES string of the molecule is CCO[C-]=CC(=O)[C]([CH][CH]c1ccccc1)C(C)(C)C.[C-]#[O+].[C-]#[O+].[C-]#[O+].[Fe]. The van der Waals surface area contributed by atoms with Crippen LogP contribution < -0.4 is 0 Å². The van der Waals surface area contributed by atoms with Crippen LogP contribution >= 0.6 is 0 Å². The van der Waals surface area contributed by atoms with Gasteiger partial charge in [-0.2, -0.15) is 6.08 Å². The summed E-state index contributed by atoms with van der Waals surface area (Å²) in [5.74, 6) is 0.659. The predicted molar refractivity (Wildman–Crippen MR) is 93.1 cm³/mol. The number of ether oxygens (including phenoxy) is 1. The van der Waals surface area contributed by atoms with E-state index in [-0.39, 0.29) is 28.3 Å². The summed E-state index contributed by atoms with van der Waals surface area (Å²) in [6.07, 6.45) is 7.75. The first-order valence-corrected chi connectivity index (χ1v) is 7.42. The summed E-state index contributed by atoms with van der Waals surface area (Å²) in [6, 6.07) is 9.92. The van der Waals surface area contributed by atoms with E-state index in [1.807, 2.05) is 70.9 Å². The fraction of sp³-hybridized carbons (Fsp3) is 0.286. The van der Waals surface area contributed by atoms with E-state index in [4.69, 9.17) is 18.7 Å². The molecule has 1 aromatic rings. The van der Waals surface area contributed by atoms with Crippen molar-refractivity contribution in [2.24, 2.45) is 5.41 Å². The zero-order chi connectivity index (χ0) is 21.0. The van der Waals surface area contributed by atoms with Gasteiger partial charge in [-0.25, -0.2) is 0 Å². The van der Waals surface area contributed by atoms with E-state index in [1.165, 1.54) is 6.08 Å². The van der Waals surface area contributed by atoms with Crippen molar-refractivity contribution >= 4 is 5.78 Å². The van der Waals surface area contributed by atoms with E-state index < -0.39 is 0 Å². The summed E-state index contributed by atoms with van der Waals surface area (Å²) < 4.78 is 27.5. The Labute approximate surface area is 173 Å². The summed E-state index contributed by atoms with van der Waals surface area (Å²) in [6.45, 7) is 21.9. The van der Waals surface area contributed by atoms with Gasteiger partial charge in [0, 0.05) is 22.9 Å². The molecule has 27 heavy (non-hydrogen) atoms. The molecule has 0 unspecified atom stereocenters. The molecule has 0 heterocycles. The van der Waals surface area contributed by atoms with Crippen molar-refractivity contribution in [2.75, 3.05) is 6.61 Å². The molecule has 5 nitrogen and oxygen atoms in total. The van der Waals surface area contributed by atoms with Gasteiger partial charge in [0.25, 0.3) is 0 Å². The second-order valence-electron chi connectivity index (χ2n) is 5.47. The van der Waals surface area contributed by atoms with Gasteiger partial charge in [-0.05, 0) is 36.7 Å². The summed E-state index contributed by atoms with van der Waals surface area (Å²) in [4.78, 5) is 12.2. The van der Waals surface area contributed by atoms with Gasteiger partial charge in [-0.15, -0.1) is 0 Å². The van der Waals surface area contributed by atoms with Crippen LogP contribution in [-0.2, 0) is 40.6 Å². The fourth-order valence-electron chi connectivity index (χ4n) is 1.70. The zero-order valence-electron chi connectivity index (χ0n) is 15.7. The number of benzene rings is 1. The first-order valence-electron chi connectivity index (χ1n) is 7.42. The van der Waals surface area contributed by atoms with E-state index >= 15 is 0 Å². The molecule has 1 aromatic carbocycles. The average Bonchev–Trinajstić information content (AvgIpc) is 2.67. The monoisotopic (exact) mass is 410 g/mol. The topological polar surface area (TPSA) is 86.0 Å². The van der Waals surface area contributed by atoms with Gasteiger partial charge in [0.15, 0.2) is 0 Å². The molecule has 0 aliphatic rings. The van der Waals surface area contributed by atoms with Crippen LogP contribution in [0.3, 0.4) is 0 Å². The molecule has 1 rings (SSSR count). The van der Waals surface area contributed by atoms with Crippen LogP contribution in [0.2, 0.25) is 0 Å². The number of hydrogen-bond acceptors (Lipinski definition) is 2. The molecule has 0 amide bonds. The standard InChI is InChI=1S/C18H22O2.3CO.Fe/c1-5-20-14-13-17(19)16(18(2,3)4)12-11-15-9-7-6-8-10-15;3*1-2;/h6-13H,5H2,1-4H3;;;;/q-1;;;;. The Morgan fingerprint density at radius 1 is 1.07 bits per heavy atom. The van der Waals surface area contributed by atoms with E-state index in [0.717, 1.165) is 11.5 Å². The molecule has 0 saturated heterocycles. The smallest absolute Gasteiger partial charge is 0 e. The van der Waals surface area contributed by atoms with Crippen molar-refractivity contribution in [3.05, 3.63) is 86.9 Å². The normalized spacial score (nSPS) is 9.15. The summed E-state index contributed by atoms with van der Waals surface area (Å²) in [5.41, 5.74) is 0.840. The third-order valence-electron chi connectivity index (χ3n) is 2.73. The second-order valence-corrected chi connectivity index (χ2v) is 5.47. The van der Waals surface area contributed by atoms with Crippen molar-refractivity contribution in [3.63, 3.8) is 0 Å². The Kier molecular flexibility index (Phi) is 27.0. The van der Waals surface area contributed by atoms with Gasteiger partial charge >= 0.3 is 33.9 Å². The van der Waals surface area contributed by atoms with Crippen LogP contribution in [0, 0.1) is 50.4 Å². The van der Waals surface area contributed by atoms with Crippen LogP contribution in [0.15, 0.2) is 36.4 Å². The van der Waals surface area contributed by atoms with Crippen LogP contribution in [0.5, 0.6) is 0 Å². The molecular formula is C21H22FeO5-. The Morgan fingerprint density at radius 2 is 1.56 bits per heavy atom. The number of ketones is 1. The summed E-state index contributed by atoms with van der Waals surface area (Å²) in [5, 5.41) is 0. The minimum Gasteiger partial charge on any atom is 0 e. The van der Waals surface area contributed by atoms with E-state index in [1.54, 1.807) is 0 Å². The van der Waals surface area contributed by atoms with Crippen molar-refractivity contribution in [2.45, 2.75) is 27.7 Å². The molecule has 0 atom stereocenters. The van der Waals surface area contributed by atoms with Gasteiger partial charge in [0.05, 0.1) is 6.61 Å². The quantitative estimate of drug-likeness (QED) is 0.225. The molecule has 0 N–H and O–H groups in total. The Morgan fingerprint density at radius 3 is 1.96 bits per heavy atom. The maximum Gasteiger partial charge on any atom is 0 e. The number of hydrogen-bond donors (Lipinski definition) is 0. The van der Waals surface area contributed by atoms with Gasteiger partial charge in [-0.1, -0.05) is 57.4 Å². The predicted octanol–water partition coefficient (Wildman–Crippen LogP) is 3.87. The first kappa shape index (κ1) is 32.8. The molecule has 145 valence electrons. The molecule has 6 heteroatoms. The minimum absolute atomic E-state index is 0. The molecule has 0 spiro atoms. The summed E-state index contributed by atoms with van der Waals surface area (Å²) in [7, 11) is 0. The van der Waals surface area contributed by atoms with Crippen molar-refractivity contribution < 1.29 is 40.6 Å².